The van der Waals surface area contributed by atoms with E-state index < -0.39 is 12.1 Å². The summed E-state index contributed by atoms with van der Waals surface area (Å²) in [4.78, 5) is 0. The highest BCUT2D eigenvalue weighted by molar-refractivity contribution is 5.97. The van der Waals surface area contributed by atoms with Crippen LogP contribution in [0.2, 0.25) is 0 Å². The van der Waals surface area contributed by atoms with Crippen molar-refractivity contribution in [3.05, 3.63) is 95.6 Å². The smallest absolute Gasteiger partial charge is 0.505 e. The number of fused-ring (bicyclic) bond motifs is 1. The van der Waals surface area contributed by atoms with Crippen LogP contribution in [0.5, 0.6) is 17.4 Å². The number of phenolic OH excluding ortho intramolecular Hbond substituents is 1. The monoisotopic (exact) mass is 531 g/mol. The van der Waals surface area contributed by atoms with Gasteiger partial charge >= 0.3 is 6.36 Å². The molecule has 1 heterocycles. The summed E-state index contributed by atoms with van der Waals surface area (Å²) in [6.45, 7) is 5.77. The van der Waals surface area contributed by atoms with Crippen LogP contribution < -0.4 is 4.74 Å². The third-order valence-electron chi connectivity index (χ3n) is 6.47. The molecule has 4 aromatic carbocycles. The first-order valence-electron chi connectivity index (χ1n) is 12.0. The van der Waals surface area contributed by atoms with Gasteiger partial charge in [0.05, 0.1) is 5.52 Å². The summed E-state index contributed by atoms with van der Waals surface area (Å²) in [6.07, 6.45) is -4.88. The molecule has 0 amide bonds. The Morgan fingerprint density at radius 1 is 0.795 bits per heavy atom. The van der Waals surface area contributed by atoms with E-state index in [1.54, 1.807) is 24.3 Å². The van der Waals surface area contributed by atoms with Crippen LogP contribution in [0.3, 0.4) is 0 Å². The number of phenols is 1. The lowest BCUT2D eigenvalue weighted by molar-refractivity contribution is -0.274. The van der Waals surface area contributed by atoms with Crippen LogP contribution >= 0.6 is 0 Å². The van der Waals surface area contributed by atoms with E-state index in [4.69, 9.17) is 0 Å². The second-order valence-corrected chi connectivity index (χ2v) is 9.25. The first-order valence-corrected chi connectivity index (χ1v) is 12.0. The van der Waals surface area contributed by atoms with Gasteiger partial charge in [0.15, 0.2) is 11.4 Å². The van der Waals surface area contributed by atoms with Gasteiger partial charge < -0.3 is 14.9 Å². The molecule has 0 unspecified atom stereocenters. The second kappa shape index (κ2) is 9.83. The average molecular weight is 532 g/mol. The van der Waals surface area contributed by atoms with E-state index in [0.29, 0.717) is 16.6 Å². The molecule has 0 bridgehead atoms. The molecule has 0 saturated heterocycles. The van der Waals surface area contributed by atoms with Crippen molar-refractivity contribution >= 4 is 22.3 Å². The maximum absolute atomic E-state index is 12.9. The zero-order chi connectivity index (χ0) is 27.9. The largest absolute Gasteiger partial charge is 0.573 e. The Bertz CT molecular complexity index is 1740. The van der Waals surface area contributed by atoms with Gasteiger partial charge in [0.2, 0.25) is 5.88 Å². The Balaban J connectivity index is 1.65. The van der Waals surface area contributed by atoms with Gasteiger partial charge in [-0.1, -0.05) is 48.0 Å². The molecule has 9 heteroatoms. The molecular formula is C30H24F3N3O3. The zero-order valence-corrected chi connectivity index (χ0v) is 21.3. The van der Waals surface area contributed by atoms with Crippen molar-refractivity contribution in [3.8, 4) is 34.2 Å². The average Bonchev–Trinajstić information content (AvgIpc) is 3.14. The van der Waals surface area contributed by atoms with Gasteiger partial charge in [-0.05, 0) is 67.8 Å². The molecule has 5 rings (SSSR count). The number of rotatable bonds is 5. The molecule has 6 nitrogen and oxygen atoms in total. The van der Waals surface area contributed by atoms with Crippen molar-refractivity contribution in [2.45, 2.75) is 27.1 Å². The third kappa shape index (κ3) is 5.16. The molecule has 39 heavy (non-hydrogen) atoms. The predicted octanol–water partition coefficient (Wildman–Crippen LogP) is 8.95. The Morgan fingerprint density at radius 3 is 2.28 bits per heavy atom. The number of aromatic hydroxyl groups is 2. The Morgan fingerprint density at radius 2 is 1.56 bits per heavy atom. The van der Waals surface area contributed by atoms with E-state index in [0.717, 1.165) is 28.3 Å². The number of para-hydroxylation sites is 1. The Hall–Kier alpha value is -4.79. The quantitative estimate of drug-likeness (QED) is 0.222. The van der Waals surface area contributed by atoms with E-state index in [1.807, 2.05) is 57.2 Å². The normalized spacial score (nSPS) is 11.9. The molecule has 0 atom stereocenters. The Kier molecular flexibility index (Phi) is 6.51. The van der Waals surface area contributed by atoms with Crippen LogP contribution in [0.4, 0.5) is 24.5 Å². The molecule has 0 spiro atoms. The summed E-state index contributed by atoms with van der Waals surface area (Å²) >= 11 is 0. The maximum Gasteiger partial charge on any atom is 0.573 e. The number of alkyl halides is 3. The Labute approximate surface area is 222 Å². The molecule has 1 aromatic heterocycles. The van der Waals surface area contributed by atoms with Crippen molar-refractivity contribution < 1.29 is 28.1 Å². The summed E-state index contributed by atoms with van der Waals surface area (Å²) < 4.78 is 44.3. The van der Waals surface area contributed by atoms with Gasteiger partial charge in [-0.25, -0.2) is 0 Å². The van der Waals surface area contributed by atoms with Gasteiger partial charge in [0, 0.05) is 22.7 Å². The van der Waals surface area contributed by atoms with Crippen LogP contribution in [-0.4, -0.2) is 21.1 Å². The fourth-order valence-corrected chi connectivity index (χ4v) is 4.42. The predicted molar refractivity (Wildman–Crippen MR) is 144 cm³/mol. The molecule has 198 valence electrons. The van der Waals surface area contributed by atoms with E-state index >= 15 is 0 Å². The number of hydrogen-bond acceptors (Lipinski definition) is 5. The molecule has 0 aliphatic rings. The van der Waals surface area contributed by atoms with Crippen LogP contribution in [0.1, 0.15) is 16.7 Å². The lowest BCUT2D eigenvalue weighted by atomic mass is 10.0. The molecule has 5 aromatic rings. The minimum atomic E-state index is -4.88. The molecule has 0 radical (unpaired) electrons. The van der Waals surface area contributed by atoms with Gasteiger partial charge in [-0.2, -0.15) is 0 Å². The van der Waals surface area contributed by atoms with Crippen LogP contribution in [0.25, 0.3) is 27.7 Å². The van der Waals surface area contributed by atoms with E-state index in [-0.39, 0.29) is 28.5 Å². The van der Waals surface area contributed by atoms with Crippen LogP contribution in [0, 0.1) is 20.8 Å². The van der Waals surface area contributed by atoms with E-state index in [9.17, 15) is 23.4 Å². The number of hydrogen-bond donors (Lipinski definition) is 2. The number of ether oxygens (including phenoxy) is 1. The molecule has 0 saturated carbocycles. The van der Waals surface area contributed by atoms with Gasteiger partial charge in [-0.3, -0.25) is 4.57 Å². The fraction of sp³-hybridized carbons (Fsp3) is 0.133. The van der Waals surface area contributed by atoms with Gasteiger partial charge in [0.1, 0.15) is 11.4 Å². The highest BCUT2D eigenvalue weighted by Crippen LogP contribution is 2.44. The van der Waals surface area contributed by atoms with Crippen molar-refractivity contribution in [3.63, 3.8) is 0 Å². The zero-order valence-electron chi connectivity index (χ0n) is 21.3. The minimum Gasteiger partial charge on any atom is -0.505 e. The standard InChI is InChI=1S/C30H24F3N3O3/c1-17-6-4-7-20(14-17)23-8-5-9-25(28(23)37)34-35-27-24-13-12-22(39-30(31,32)33)16-26(24)36(29(27)38)21-11-10-18(2)19(3)15-21/h4-16,37-38H,1-3H3. The summed E-state index contributed by atoms with van der Waals surface area (Å²) in [7, 11) is 0. The lowest BCUT2D eigenvalue weighted by Gasteiger charge is -2.11. The molecule has 2 N–H and O–H groups in total. The second-order valence-electron chi connectivity index (χ2n) is 9.25. The highest BCUT2D eigenvalue weighted by Gasteiger charge is 2.31. The molecular weight excluding hydrogens is 507 g/mol. The summed E-state index contributed by atoms with van der Waals surface area (Å²) in [5, 5.41) is 31.0. The van der Waals surface area contributed by atoms with Gasteiger partial charge in [-0.15, -0.1) is 23.4 Å². The number of nitrogens with zero attached hydrogens (tertiary/aromatic N) is 3. The maximum atomic E-state index is 12.9. The van der Waals surface area contributed by atoms with Crippen molar-refractivity contribution in [1.29, 1.82) is 0 Å². The molecule has 0 aliphatic heterocycles. The fourth-order valence-electron chi connectivity index (χ4n) is 4.42. The topological polar surface area (TPSA) is 79.3 Å². The summed E-state index contributed by atoms with van der Waals surface area (Å²) in [6, 6.07) is 21.8. The first kappa shape index (κ1) is 25.8. The number of aromatic nitrogens is 1. The molecule has 0 fully saturated rings. The summed E-state index contributed by atoms with van der Waals surface area (Å²) in [5.41, 5.74) is 5.29. The van der Waals surface area contributed by atoms with E-state index in [2.05, 4.69) is 15.0 Å². The van der Waals surface area contributed by atoms with Crippen molar-refractivity contribution in [2.24, 2.45) is 10.2 Å². The van der Waals surface area contributed by atoms with E-state index in [1.165, 1.54) is 16.7 Å². The van der Waals surface area contributed by atoms with Crippen LogP contribution in [0.15, 0.2) is 89.1 Å². The number of azo groups is 1. The SMILES string of the molecule is Cc1cccc(-c2cccc(N=Nc3c(O)n(-c4ccc(C)c(C)c4)c4cc(OC(F)(F)F)ccc34)c2O)c1. The number of benzene rings is 4. The number of halogens is 3. The summed E-state index contributed by atoms with van der Waals surface area (Å²) in [5.74, 6) is -0.856. The minimum absolute atomic E-state index is 0.0298. The number of aryl methyl sites for hydroxylation is 3. The highest BCUT2D eigenvalue weighted by atomic mass is 19.4. The van der Waals surface area contributed by atoms with Gasteiger partial charge in [0.25, 0.3) is 0 Å². The first-order chi connectivity index (χ1) is 18.5. The van der Waals surface area contributed by atoms with Crippen LogP contribution in [-0.2, 0) is 0 Å². The van der Waals surface area contributed by atoms with Crippen molar-refractivity contribution in [1.82, 2.24) is 4.57 Å². The van der Waals surface area contributed by atoms with Crippen molar-refractivity contribution in [2.75, 3.05) is 0 Å². The molecule has 0 aliphatic carbocycles. The third-order valence-corrected chi connectivity index (χ3v) is 6.47. The lowest BCUT2D eigenvalue weighted by Crippen LogP contribution is -2.17.